The van der Waals surface area contributed by atoms with E-state index in [-0.39, 0.29) is 5.92 Å². The van der Waals surface area contributed by atoms with Crippen molar-refractivity contribution in [2.24, 2.45) is 5.92 Å². The first-order valence-corrected chi connectivity index (χ1v) is 8.84. The molecule has 0 spiro atoms. The standard InChI is InChI=1S/C20H24ClNO2/c1-16-15-22(12-13-24-19-9-5-8-18(21)14-19)11-10-20(16,23)17-6-3-2-4-7-17/h2-9,14,16,23H,10-13,15H2,1H3. The second-order valence-corrected chi connectivity index (χ2v) is 6.98. The van der Waals surface area contributed by atoms with Crippen LogP contribution in [0.25, 0.3) is 0 Å². The Hall–Kier alpha value is -1.55. The van der Waals surface area contributed by atoms with Crippen molar-refractivity contribution in [3.05, 3.63) is 65.2 Å². The first-order chi connectivity index (χ1) is 11.6. The average molecular weight is 346 g/mol. The predicted molar refractivity (Wildman–Crippen MR) is 97.5 cm³/mol. The van der Waals surface area contributed by atoms with Gasteiger partial charge < -0.3 is 9.84 Å². The smallest absolute Gasteiger partial charge is 0.120 e. The molecule has 2 atom stereocenters. The third kappa shape index (κ3) is 3.92. The molecule has 4 heteroatoms. The van der Waals surface area contributed by atoms with Crippen molar-refractivity contribution in [3.8, 4) is 5.75 Å². The van der Waals surface area contributed by atoms with Crippen LogP contribution in [-0.4, -0.2) is 36.2 Å². The van der Waals surface area contributed by atoms with Crippen molar-refractivity contribution in [2.75, 3.05) is 26.2 Å². The predicted octanol–water partition coefficient (Wildman–Crippen LogP) is 3.95. The van der Waals surface area contributed by atoms with Crippen molar-refractivity contribution in [2.45, 2.75) is 18.9 Å². The largest absolute Gasteiger partial charge is 0.492 e. The van der Waals surface area contributed by atoms with Crippen LogP contribution in [0.15, 0.2) is 54.6 Å². The second-order valence-electron chi connectivity index (χ2n) is 6.55. The van der Waals surface area contributed by atoms with E-state index in [0.29, 0.717) is 11.6 Å². The maximum Gasteiger partial charge on any atom is 0.120 e. The molecule has 1 aliphatic rings. The van der Waals surface area contributed by atoms with Crippen molar-refractivity contribution in [1.82, 2.24) is 4.90 Å². The summed E-state index contributed by atoms with van der Waals surface area (Å²) in [5.41, 5.74) is 0.290. The molecule has 1 heterocycles. The van der Waals surface area contributed by atoms with Gasteiger partial charge in [-0.2, -0.15) is 0 Å². The van der Waals surface area contributed by atoms with E-state index in [1.165, 1.54) is 0 Å². The summed E-state index contributed by atoms with van der Waals surface area (Å²) in [5, 5.41) is 11.8. The zero-order valence-corrected chi connectivity index (χ0v) is 14.7. The normalized spacial score (nSPS) is 24.7. The lowest BCUT2D eigenvalue weighted by molar-refractivity contribution is -0.0724. The van der Waals surface area contributed by atoms with E-state index in [0.717, 1.165) is 37.4 Å². The van der Waals surface area contributed by atoms with E-state index in [4.69, 9.17) is 16.3 Å². The topological polar surface area (TPSA) is 32.7 Å². The third-order valence-electron chi connectivity index (χ3n) is 4.90. The number of halogens is 1. The number of aliphatic hydroxyl groups is 1. The molecule has 3 nitrogen and oxygen atoms in total. The number of rotatable bonds is 5. The Labute approximate surface area is 148 Å². The number of hydrogen-bond donors (Lipinski definition) is 1. The quantitative estimate of drug-likeness (QED) is 0.890. The molecular formula is C20H24ClNO2. The Balaban J connectivity index is 1.52. The van der Waals surface area contributed by atoms with Gasteiger partial charge in [0.25, 0.3) is 0 Å². The minimum Gasteiger partial charge on any atom is -0.492 e. The van der Waals surface area contributed by atoms with E-state index in [9.17, 15) is 5.11 Å². The molecule has 2 unspecified atom stereocenters. The number of nitrogens with zero attached hydrogens (tertiary/aromatic N) is 1. The van der Waals surface area contributed by atoms with Crippen LogP contribution in [-0.2, 0) is 5.60 Å². The Morgan fingerprint density at radius 3 is 2.71 bits per heavy atom. The van der Waals surface area contributed by atoms with Crippen molar-refractivity contribution < 1.29 is 9.84 Å². The number of ether oxygens (including phenoxy) is 1. The Kier molecular flexibility index (Phi) is 5.44. The van der Waals surface area contributed by atoms with Gasteiger partial charge >= 0.3 is 0 Å². The van der Waals surface area contributed by atoms with Crippen molar-refractivity contribution in [1.29, 1.82) is 0 Å². The Bertz CT molecular complexity index is 664. The fourth-order valence-electron chi connectivity index (χ4n) is 3.41. The molecule has 128 valence electrons. The zero-order chi connectivity index (χ0) is 17.0. The summed E-state index contributed by atoms with van der Waals surface area (Å²) >= 11 is 5.96. The van der Waals surface area contributed by atoms with E-state index in [2.05, 4.69) is 11.8 Å². The van der Waals surface area contributed by atoms with Crippen LogP contribution >= 0.6 is 11.6 Å². The van der Waals surface area contributed by atoms with E-state index in [1.54, 1.807) is 0 Å². The molecule has 2 aromatic rings. The van der Waals surface area contributed by atoms with Crippen LogP contribution < -0.4 is 4.74 Å². The van der Waals surface area contributed by atoms with Gasteiger partial charge in [-0.3, -0.25) is 4.90 Å². The fraction of sp³-hybridized carbons (Fsp3) is 0.400. The highest BCUT2D eigenvalue weighted by atomic mass is 35.5. The summed E-state index contributed by atoms with van der Waals surface area (Å²) in [6.45, 7) is 5.33. The van der Waals surface area contributed by atoms with Crippen LogP contribution in [0.1, 0.15) is 18.9 Å². The summed E-state index contributed by atoms with van der Waals surface area (Å²) in [6.07, 6.45) is 0.745. The number of likely N-dealkylation sites (tertiary alicyclic amines) is 1. The monoisotopic (exact) mass is 345 g/mol. The van der Waals surface area contributed by atoms with Crippen LogP contribution in [0, 0.1) is 5.92 Å². The van der Waals surface area contributed by atoms with Gasteiger partial charge in [-0.15, -0.1) is 0 Å². The molecule has 0 radical (unpaired) electrons. The van der Waals surface area contributed by atoms with Crippen molar-refractivity contribution >= 4 is 11.6 Å². The molecule has 0 saturated carbocycles. The summed E-state index contributed by atoms with van der Waals surface area (Å²) in [6, 6.07) is 17.5. The molecule has 3 rings (SSSR count). The molecular weight excluding hydrogens is 322 g/mol. The molecule has 1 N–H and O–H groups in total. The van der Waals surface area contributed by atoms with Gasteiger partial charge in [-0.05, 0) is 30.2 Å². The molecule has 24 heavy (non-hydrogen) atoms. The summed E-state index contributed by atoms with van der Waals surface area (Å²) in [5.74, 6) is 0.980. The lowest BCUT2D eigenvalue weighted by atomic mass is 9.77. The van der Waals surface area contributed by atoms with Gasteiger partial charge in [-0.1, -0.05) is 54.9 Å². The zero-order valence-electron chi connectivity index (χ0n) is 14.0. The fourth-order valence-corrected chi connectivity index (χ4v) is 3.59. The Morgan fingerprint density at radius 2 is 2.00 bits per heavy atom. The van der Waals surface area contributed by atoms with Gasteiger partial charge in [-0.25, -0.2) is 0 Å². The summed E-state index contributed by atoms with van der Waals surface area (Å²) in [7, 11) is 0. The first-order valence-electron chi connectivity index (χ1n) is 8.46. The van der Waals surface area contributed by atoms with E-state index in [1.807, 2.05) is 54.6 Å². The lowest BCUT2D eigenvalue weighted by Crippen LogP contribution is -2.49. The molecule has 0 aliphatic carbocycles. The van der Waals surface area contributed by atoms with Gasteiger partial charge in [0.1, 0.15) is 12.4 Å². The second kappa shape index (κ2) is 7.56. The van der Waals surface area contributed by atoms with Gasteiger partial charge in [0.05, 0.1) is 5.60 Å². The molecule has 0 aromatic heterocycles. The number of piperidine rings is 1. The number of benzene rings is 2. The highest BCUT2D eigenvalue weighted by Crippen LogP contribution is 2.36. The van der Waals surface area contributed by atoms with E-state index < -0.39 is 5.60 Å². The molecule has 2 aromatic carbocycles. The number of hydrogen-bond acceptors (Lipinski definition) is 3. The SMILES string of the molecule is CC1CN(CCOc2cccc(Cl)c2)CCC1(O)c1ccccc1. The highest BCUT2D eigenvalue weighted by Gasteiger charge is 2.39. The minimum atomic E-state index is -0.731. The Morgan fingerprint density at radius 1 is 1.21 bits per heavy atom. The molecule has 1 aliphatic heterocycles. The maximum atomic E-state index is 11.1. The molecule has 0 bridgehead atoms. The van der Waals surface area contributed by atoms with Gasteiger partial charge in [0.2, 0.25) is 0 Å². The van der Waals surface area contributed by atoms with Gasteiger partial charge in [0, 0.05) is 30.6 Å². The lowest BCUT2D eigenvalue weighted by Gasteiger charge is -2.43. The maximum absolute atomic E-state index is 11.1. The molecule has 1 fully saturated rings. The summed E-state index contributed by atoms with van der Waals surface area (Å²) in [4.78, 5) is 2.35. The highest BCUT2D eigenvalue weighted by molar-refractivity contribution is 6.30. The molecule has 1 saturated heterocycles. The minimum absolute atomic E-state index is 0.180. The van der Waals surface area contributed by atoms with Crippen molar-refractivity contribution in [3.63, 3.8) is 0 Å². The average Bonchev–Trinajstić information content (AvgIpc) is 2.59. The van der Waals surface area contributed by atoms with Gasteiger partial charge in [0.15, 0.2) is 0 Å². The van der Waals surface area contributed by atoms with Crippen LogP contribution in [0.3, 0.4) is 0 Å². The third-order valence-corrected chi connectivity index (χ3v) is 5.14. The molecule has 0 amide bonds. The summed E-state index contributed by atoms with van der Waals surface area (Å²) < 4.78 is 5.77. The van der Waals surface area contributed by atoms with Crippen LogP contribution in [0.2, 0.25) is 5.02 Å². The van der Waals surface area contributed by atoms with Crippen LogP contribution in [0.5, 0.6) is 5.75 Å². The first kappa shape index (κ1) is 17.3. The van der Waals surface area contributed by atoms with E-state index >= 15 is 0 Å². The van der Waals surface area contributed by atoms with Crippen LogP contribution in [0.4, 0.5) is 0 Å².